The van der Waals surface area contributed by atoms with Gasteiger partial charge in [-0.2, -0.15) is 0 Å². The van der Waals surface area contributed by atoms with Gasteiger partial charge in [0.1, 0.15) is 11.0 Å². The van der Waals surface area contributed by atoms with E-state index in [1.165, 1.54) is 42.9 Å². The molecule has 6 nitrogen and oxygen atoms in total. The van der Waals surface area contributed by atoms with Crippen LogP contribution in [0.1, 0.15) is 20.7 Å². The number of rotatable bonds is 7. The second-order valence-corrected chi connectivity index (χ2v) is 8.52. The van der Waals surface area contributed by atoms with Crippen LogP contribution in [-0.2, 0) is 9.84 Å². The second-order valence-electron chi connectivity index (χ2n) is 5.41. The summed E-state index contributed by atoms with van der Waals surface area (Å²) in [7, 11) is -2.19. The highest BCUT2D eigenvalue weighted by Crippen LogP contribution is 2.32. The Labute approximate surface area is 155 Å². The number of sulfone groups is 1. The molecule has 0 spiro atoms. The first-order chi connectivity index (χ1) is 12.5. The first-order valence-corrected chi connectivity index (χ1v) is 10.2. The van der Waals surface area contributed by atoms with Crippen molar-refractivity contribution in [1.82, 2.24) is 5.32 Å². The van der Waals surface area contributed by atoms with Crippen LogP contribution in [0.2, 0.25) is 0 Å². The Balaban J connectivity index is 1.86. The Kier molecular flexibility index (Phi) is 5.43. The predicted octanol–water partition coefficient (Wildman–Crippen LogP) is 3.29. The van der Waals surface area contributed by atoms with Crippen molar-refractivity contribution in [2.24, 2.45) is 0 Å². The highest BCUT2D eigenvalue weighted by atomic mass is 32.2. The van der Waals surface area contributed by atoms with Crippen molar-refractivity contribution in [3.05, 3.63) is 70.8 Å². The number of carbonyl (C=O) groups excluding carboxylic acids is 1. The molecule has 3 aromatic rings. The summed E-state index contributed by atoms with van der Waals surface area (Å²) in [5.41, 5.74) is 0. The van der Waals surface area contributed by atoms with Gasteiger partial charge in [-0.05, 0) is 47.8 Å². The van der Waals surface area contributed by atoms with Crippen molar-refractivity contribution < 1.29 is 22.4 Å². The summed E-state index contributed by atoms with van der Waals surface area (Å²) in [5.74, 6) is 0.251. The van der Waals surface area contributed by atoms with Gasteiger partial charge in [0.25, 0.3) is 5.91 Å². The molecule has 0 bridgehead atoms. The molecule has 0 fully saturated rings. The quantitative estimate of drug-likeness (QED) is 0.668. The van der Waals surface area contributed by atoms with Gasteiger partial charge < -0.3 is 14.5 Å². The van der Waals surface area contributed by atoms with Crippen LogP contribution < -0.4 is 10.1 Å². The van der Waals surface area contributed by atoms with E-state index >= 15 is 0 Å². The minimum absolute atomic E-state index is 0.0611. The zero-order valence-corrected chi connectivity index (χ0v) is 15.5. The van der Waals surface area contributed by atoms with Crippen LogP contribution in [0.15, 0.2) is 69.5 Å². The molecule has 3 rings (SSSR count). The van der Waals surface area contributed by atoms with Crippen LogP contribution in [-0.4, -0.2) is 28.0 Å². The van der Waals surface area contributed by atoms with E-state index in [0.717, 1.165) is 0 Å². The number of carbonyl (C=O) groups is 1. The Hall–Kier alpha value is -2.58. The fraction of sp³-hybridized carbons (Fsp3) is 0.167. The number of benzene rings is 1. The SMILES string of the molecule is COc1ccc(S(=O)(=O)[C@H](CNC(=O)c2ccco2)c2cccs2)cc1. The van der Waals surface area contributed by atoms with Gasteiger partial charge in [0.15, 0.2) is 15.6 Å². The fourth-order valence-electron chi connectivity index (χ4n) is 2.45. The molecule has 1 amide bonds. The minimum Gasteiger partial charge on any atom is -0.497 e. The molecule has 26 heavy (non-hydrogen) atoms. The van der Waals surface area contributed by atoms with Crippen molar-refractivity contribution in [3.63, 3.8) is 0 Å². The lowest BCUT2D eigenvalue weighted by Crippen LogP contribution is -2.31. The maximum absolute atomic E-state index is 13.1. The molecule has 1 N–H and O–H groups in total. The topological polar surface area (TPSA) is 85.6 Å². The third-order valence-corrected chi connectivity index (χ3v) is 7.05. The standard InChI is InChI=1S/C18H17NO5S2/c1-23-13-6-8-14(9-7-13)26(21,22)17(16-5-3-11-25-16)12-19-18(20)15-4-2-10-24-15/h2-11,17H,12H2,1H3,(H,19,20)/t17-/m1/s1. The number of amides is 1. The number of methoxy groups -OCH3 is 1. The average Bonchev–Trinajstić information content (AvgIpc) is 3.35. The van der Waals surface area contributed by atoms with Crippen molar-refractivity contribution in [1.29, 1.82) is 0 Å². The molecule has 0 aliphatic carbocycles. The van der Waals surface area contributed by atoms with E-state index in [-0.39, 0.29) is 17.2 Å². The lowest BCUT2D eigenvalue weighted by Gasteiger charge is -2.17. The van der Waals surface area contributed by atoms with Crippen LogP contribution in [0.5, 0.6) is 5.75 Å². The number of furan rings is 1. The van der Waals surface area contributed by atoms with E-state index in [2.05, 4.69) is 5.32 Å². The maximum atomic E-state index is 13.1. The third-order valence-electron chi connectivity index (χ3n) is 3.82. The van der Waals surface area contributed by atoms with Crippen LogP contribution in [0, 0.1) is 0 Å². The summed E-state index contributed by atoms with van der Waals surface area (Å²) in [4.78, 5) is 12.9. The summed E-state index contributed by atoms with van der Waals surface area (Å²) in [6.45, 7) is -0.0611. The Morgan fingerprint density at radius 3 is 2.54 bits per heavy atom. The van der Waals surface area contributed by atoms with Gasteiger partial charge in [0.2, 0.25) is 0 Å². The Bertz CT molecular complexity index is 946. The van der Waals surface area contributed by atoms with Crippen LogP contribution in [0.4, 0.5) is 0 Å². The predicted molar refractivity (Wildman–Crippen MR) is 98.3 cm³/mol. The van der Waals surface area contributed by atoms with Gasteiger partial charge in [-0.25, -0.2) is 8.42 Å². The molecule has 2 aromatic heterocycles. The van der Waals surface area contributed by atoms with Crippen LogP contribution in [0.3, 0.4) is 0 Å². The summed E-state index contributed by atoms with van der Waals surface area (Å²) < 4.78 is 36.4. The highest BCUT2D eigenvalue weighted by Gasteiger charge is 2.30. The summed E-state index contributed by atoms with van der Waals surface area (Å²) in [6, 6.07) is 12.8. The molecule has 136 valence electrons. The molecule has 2 heterocycles. The summed E-state index contributed by atoms with van der Waals surface area (Å²) >= 11 is 1.33. The van der Waals surface area contributed by atoms with E-state index in [0.29, 0.717) is 10.6 Å². The molecule has 0 radical (unpaired) electrons. The molecule has 1 aromatic carbocycles. The monoisotopic (exact) mass is 391 g/mol. The highest BCUT2D eigenvalue weighted by molar-refractivity contribution is 7.91. The zero-order chi connectivity index (χ0) is 18.6. The van der Waals surface area contributed by atoms with Gasteiger partial charge in [-0.15, -0.1) is 11.3 Å². The average molecular weight is 391 g/mol. The van der Waals surface area contributed by atoms with Gasteiger partial charge in [0, 0.05) is 11.4 Å². The summed E-state index contributed by atoms with van der Waals surface area (Å²) in [6.07, 6.45) is 1.39. The van der Waals surface area contributed by atoms with Crippen molar-refractivity contribution in [3.8, 4) is 5.75 Å². The molecule has 8 heteroatoms. The van der Waals surface area contributed by atoms with Crippen molar-refractivity contribution in [2.45, 2.75) is 10.1 Å². The van der Waals surface area contributed by atoms with E-state index in [9.17, 15) is 13.2 Å². The van der Waals surface area contributed by atoms with E-state index in [1.54, 1.807) is 35.7 Å². The van der Waals surface area contributed by atoms with Crippen molar-refractivity contribution >= 4 is 27.1 Å². The molecular formula is C18H17NO5S2. The molecule has 0 saturated heterocycles. The van der Waals surface area contributed by atoms with Crippen LogP contribution in [0.25, 0.3) is 0 Å². The van der Waals surface area contributed by atoms with Crippen LogP contribution >= 0.6 is 11.3 Å². The largest absolute Gasteiger partial charge is 0.497 e. The number of hydrogen-bond acceptors (Lipinski definition) is 6. The second kappa shape index (κ2) is 7.76. The van der Waals surface area contributed by atoms with Crippen molar-refractivity contribution in [2.75, 3.05) is 13.7 Å². The molecule has 0 unspecified atom stereocenters. The molecule has 0 saturated carbocycles. The van der Waals surface area contributed by atoms with E-state index in [4.69, 9.17) is 9.15 Å². The Morgan fingerprint density at radius 2 is 1.96 bits per heavy atom. The summed E-state index contributed by atoms with van der Waals surface area (Å²) in [5, 5.41) is 3.55. The minimum atomic E-state index is -3.70. The zero-order valence-electron chi connectivity index (χ0n) is 13.9. The first-order valence-electron chi connectivity index (χ1n) is 7.75. The van der Waals surface area contributed by atoms with Gasteiger partial charge in [-0.1, -0.05) is 6.07 Å². The van der Waals surface area contributed by atoms with E-state index < -0.39 is 21.0 Å². The number of nitrogens with one attached hydrogen (secondary N) is 1. The molecule has 0 aliphatic rings. The third kappa shape index (κ3) is 3.81. The normalized spacial score (nSPS) is 12.5. The number of ether oxygens (including phenoxy) is 1. The molecule has 0 aliphatic heterocycles. The smallest absolute Gasteiger partial charge is 0.287 e. The molecule has 1 atom stereocenters. The fourth-order valence-corrected chi connectivity index (χ4v) is 5.23. The first kappa shape index (κ1) is 18.2. The van der Waals surface area contributed by atoms with E-state index in [1.807, 2.05) is 0 Å². The van der Waals surface area contributed by atoms with Gasteiger partial charge in [-0.3, -0.25) is 4.79 Å². The molecular weight excluding hydrogens is 374 g/mol. The number of hydrogen-bond donors (Lipinski definition) is 1. The van der Waals surface area contributed by atoms with Gasteiger partial charge in [0.05, 0.1) is 18.3 Å². The lowest BCUT2D eigenvalue weighted by molar-refractivity contribution is 0.0926. The maximum Gasteiger partial charge on any atom is 0.287 e. The number of thiophene rings is 1. The van der Waals surface area contributed by atoms with Gasteiger partial charge >= 0.3 is 0 Å². The lowest BCUT2D eigenvalue weighted by atomic mass is 10.3. The Morgan fingerprint density at radius 1 is 1.19 bits per heavy atom.